The van der Waals surface area contributed by atoms with Crippen LogP contribution in [0.1, 0.15) is 25.5 Å². The number of hydrogen-bond donors (Lipinski definition) is 1. The van der Waals surface area contributed by atoms with Crippen molar-refractivity contribution in [1.29, 1.82) is 0 Å². The molecule has 0 aromatic heterocycles. The second kappa shape index (κ2) is 5.23. The zero-order valence-corrected chi connectivity index (χ0v) is 12.5. The predicted octanol–water partition coefficient (Wildman–Crippen LogP) is 1.78. The summed E-state index contributed by atoms with van der Waals surface area (Å²) in [4.78, 5) is 0.364. The summed E-state index contributed by atoms with van der Waals surface area (Å²) >= 11 is 0. The smallest absolute Gasteiger partial charge is 0.175 e. The number of ether oxygens (including phenoxy) is 1. The van der Waals surface area contributed by atoms with Gasteiger partial charge in [0.15, 0.2) is 9.84 Å². The minimum Gasteiger partial charge on any atom is -0.380 e. The van der Waals surface area contributed by atoms with Crippen LogP contribution < -0.4 is 5.32 Å². The summed E-state index contributed by atoms with van der Waals surface area (Å²) < 4.78 is 28.0. The highest BCUT2D eigenvalue weighted by molar-refractivity contribution is 7.90. The summed E-state index contributed by atoms with van der Waals surface area (Å²) in [5.41, 5.74) is 1.33. The van der Waals surface area contributed by atoms with E-state index in [1.165, 1.54) is 6.26 Å². The average molecular weight is 283 g/mol. The highest BCUT2D eigenvalue weighted by atomic mass is 32.2. The molecular weight excluding hydrogens is 262 g/mol. The molecule has 1 saturated heterocycles. The van der Waals surface area contributed by atoms with Gasteiger partial charge in [0.25, 0.3) is 0 Å². The topological polar surface area (TPSA) is 55.4 Å². The normalized spacial score (nSPS) is 19.7. The first-order chi connectivity index (χ1) is 8.80. The van der Waals surface area contributed by atoms with Crippen molar-refractivity contribution in [1.82, 2.24) is 5.32 Å². The summed E-state index contributed by atoms with van der Waals surface area (Å²) in [5, 5.41) is 3.47. The zero-order chi connectivity index (χ0) is 14.1. The molecule has 1 atom stereocenters. The third-order valence-electron chi connectivity index (χ3n) is 3.54. The molecule has 1 aromatic rings. The summed E-state index contributed by atoms with van der Waals surface area (Å²) in [5.74, 6) is 0. The molecule has 1 heterocycles. The monoisotopic (exact) mass is 283 g/mol. The van der Waals surface area contributed by atoms with E-state index in [9.17, 15) is 8.42 Å². The first kappa shape index (κ1) is 14.5. The van der Waals surface area contributed by atoms with Crippen LogP contribution in [0.25, 0.3) is 0 Å². The molecular formula is C14H21NO3S. The Balaban J connectivity index is 1.97. The van der Waals surface area contributed by atoms with Crippen molar-refractivity contribution in [2.24, 2.45) is 5.41 Å². The van der Waals surface area contributed by atoms with Gasteiger partial charge >= 0.3 is 0 Å². The van der Waals surface area contributed by atoms with Crippen molar-refractivity contribution in [2.45, 2.75) is 24.8 Å². The Morgan fingerprint density at radius 2 is 1.89 bits per heavy atom. The van der Waals surface area contributed by atoms with Crippen LogP contribution in [0.3, 0.4) is 0 Å². The molecule has 0 bridgehead atoms. The van der Waals surface area contributed by atoms with Gasteiger partial charge in [-0.15, -0.1) is 0 Å². The molecule has 5 heteroatoms. The van der Waals surface area contributed by atoms with Gasteiger partial charge in [-0.1, -0.05) is 19.1 Å². The molecule has 0 saturated carbocycles. The van der Waals surface area contributed by atoms with Gasteiger partial charge < -0.3 is 10.1 Å². The van der Waals surface area contributed by atoms with Crippen molar-refractivity contribution in [2.75, 3.05) is 26.0 Å². The molecule has 4 nitrogen and oxygen atoms in total. The van der Waals surface area contributed by atoms with Gasteiger partial charge in [-0.05, 0) is 24.6 Å². The molecule has 2 rings (SSSR count). The fourth-order valence-corrected chi connectivity index (χ4v) is 2.70. The SMILES string of the molecule is CC(NCC1(C)COC1)c1ccc(S(C)(=O)=O)cc1. The Morgan fingerprint density at radius 3 is 2.32 bits per heavy atom. The van der Waals surface area contributed by atoms with Crippen LogP contribution in [0.5, 0.6) is 0 Å². The van der Waals surface area contributed by atoms with Crippen LogP contribution in [-0.2, 0) is 14.6 Å². The molecule has 0 spiro atoms. The standard InChI is InChI=1S/C14H21NO3S/c1-11(15-8-14(2)9-18-10-14)12-4-6-13(7-5-12)19(3,16)17/h4-7,11,15H,8-10H2,1-3H3. The lowest BCUT2D eigenvalue weighted by Crippen LogP contribution is -2.47. The number of nitrogens with one attached hydrogen (secondary N) is 1. The number of hydrogen-bond acceptors (Lipinski definition) is 4. The molecule has 1 N–H and O–H groups in total. The average Bonchev–Trinajstić information content (AvgIpc) is 2.33. The van der Waals surface area contributed by atoms with E-state index in [4.69, 9.17) is 4.74 Å². The van der Waals surface area contributed by atoms with E-state index in [1.54, 1.807) is 12.1 Å². The summed E-state index contributed by atoms with van der Waals surface area (Å²) in [6, 6.07) is 7.26. The lowest BCUT2D eigenvalue weighted by Gasteiger charge is -2.39. The van der Waals surface area contributed by atoms with Crippen molar-refractivity contribution < 1.29 is 13.2 Å². The maximum atomic E-state index is 11.4. The highest BCUT2D eigenvalue weighted by Gasteiger charge is 2.33. The van der Waals surface area contributed by atoms with Gasteiger partial charge in [-0.3, -0.25) is 0 Å². The summed E-state index contributed by atoms with van der Waals surface area (Å²) in [6.07, 6.45) is 1.22. The van der Waals surface area contributed by atoms with Crippen molar-refractivity contribution in [3.63, 3.8) is 0 Å². The number of benzene rings is 1. The third-order valence-corrected chi connectivity index (χ3v) is 4.67. The largest absolute Gasteiger partial charge is 0.380 e. The third kappa shape index (κ3) is 3.55. The van der Waals surface area contributed by atoms with Gasteiger partial charge in [-0.2, -0.15) is 0 Å². The number of rotatable bonds is 5. The first-order valence-electron chi connectivity index (χ1n) is 6.41. The highest BCUT2D eigenvalue weighted by Crippen LogP contribution is 2.26. The van der Waals surface area contributed by atoms with Crippen LogP contribution in [0.4, 0.5) is 0 Å². The van der Waals surface area contributed by atoms with E-state index < -0.39 is 9.84 Å². The molecule has 1 fully saturated rings. The van der Waals surface area contributed by atoms with Gasteiger partial charge in [0.05, 0.1) is 18.1 Å². The van der Waals surface area contributed by atoms with E-state index in [-0.39, 0.29) is 11.5 Å². The van der Waals surface area contributed by atoms with E-state index in [1.807, 2.05) is 12.1 Å². The molecule has 0 amide bonds. The Hall–Kier alpha value is -0.910. The van der Waals surface area contributed by atoms with E-state index in [2.05, 4.69) is 19.2 Å². The van der Waals surface area contributed by atoms with Crippen molar-refractivity contribution in [3.8, 4) is 0 Å². The fourth-order valence-electron chi connectivity index (χ4n) is 2.07. The second-order valence-corrected chi connectivity index (χ2v) is 7.76. The van der Waals surface area contributed by atoms with E-state index in [0.717, 1.165) is 25.3 Å². The molecule has 0 radical (unpaired) electrons. The van der Waals surface area contributed by atoms with Crippen LogP contribution >= 0.6 is 0 Å². The summed E-state index contributed by atoms with van der Waals surface area (Å²) in [6.45, 7) is 6.79. The quantitative estimate of drug-likeness (QED) is 0.895. The Labute approximate surface area is 115 Å². The van der Waals surface area contributed by atoms with Crippen molar-refractivity contribution >= 4 is 9.84 Å². The van der Waals surface area contributed by atoms with Crippen LogP contribution in [0.2, 0.25) is 0 Å². The summed E-state index contributed by atoms with van der Waals surface area (Å²) in [7, 11) is -3.11. The molecule has 1 unspecified atom stereocenters. The minimum atomic E-state index is -3.11. The van der Waals surface area contributed by atoms with Gasteiger partial charge in [0.2, 0.25) is 0 Å². The Morgan fingerprint density at radius 1 is 1.32 bits per heavy atom. The second-order valence-electron chi connectivity index (χ2n) is 5.75. The van der Waals surface area contributed by atoms with E-state index in [0.29, 0.717) is 4.90 Å². The maximum Gasteiger partial charge on any atom is 0.175 e. The van der Waals surface area contributed by atoms with E-state index >= 15 is 0 Å². The number of sulfone groups is 1. The van der Waals surface area contributed by atoms with Gasteiger partial charge in [0.1, 0.15) is 0 Å². The molecule has 106 valence electrons. The van der Waals surface area contributed by atoms with Crippen LogP contribution in [0.15, 0.2) is 29.2 Å². The fraction of sp³-hybridized carbons (Fsp3) is 0.571. The van der Waals surface area contributed by atoms with Crippen molar-refractivity contribution in [3.05, 3.63) is 29.8 Å². The maximum absolute atomic E-state index is 11.4. The zero-order valence-electron chi connectivity index (χ0n) is 11.6. The predicted molar refractivity (Wildman–Crippen MR) is 74.9 cm³/mol. The van der Waals surface area contributed by atoms with Crippen LogP contribution in [0, 0.1) is 5.41 Å². The first-order valence-corrected chi connectivity index (χ1v) is 8.30. The minimum absolute atomic E-state index is 0.200. The molecule has 0 aliphatic carbocycles. The lowest BCUT2D eigenvalue weighted by atomic mass is 9.88. The molecule has 19 heavy (non-hydrogen) atoms. The Bertz CT molecular complexity index is 532. The Kier molecular flexibility index (Phi) is 3.99. The van der Waals surface area contributed by atoms with Gasteiger partial charge in [-0.25, -0.2) is 8.42 Å². The molecule has 1 aliphatic rings. The lowest BCUT2D eigenvalue weighted by molar-refractivity contribution is -0.0999. The van der Waals surface area contributed by atoms with Gasteiger partial charge in [0, 0.05) is 24.3 Å². The molecule has 1 aliphatic heterocycles. The molecule has 1 aromatic carbocycles. The van der Waals surface area contributed by atoms with Crippen LogP contribution in [-0.4, -0.2) is 34.4 Å².